The number of carbonyl (C=O) groups excluding carboxylic acids is 1. The molecule has 0 saturated carbocycles. The largest absolute Gasteiger partial charge is 0.369 e. The average molecular weight is 386 g/mol. The van der Waals surface area contributed by atoms with Crippen molar-refractivity contribution in [2.24, 2.45) is 5.73 Å². The molecule has 0 aliphatic rings. The fourth-order valence-corrected chi connectivity index (χ4v) is 2.90. The molecule has 1 atom stereocenters. The predicted octanol–water partition coefficient (Wildman–Crippen LogP) is 5.12. The van der Waals surface area contributed by atoms with Crippen LogP contribution in [0.1, 0.15) is 36.6 Å². The lowest BCUT2D eigenvalue weighted by Crippen LogP contribution is -2.25. The zero-order valence-electron chi connectivity index (χ0n) is 15.8. The van der Waals surface area contributed by atoms with Crippen LogP contribution >= 0.6 is 0 Å². The maximum Gasteiger partial charge on any atom is 0.231 e. The normalized spacial score (nSPS) is 11.4. The van der Waals surface area contributed by atoms with Gasteiger partial charge in [0.25, 0.3) is 0 Å². The fraction of sp³-hybridized carbons (Fsp3) is 0.182. The van der Waals surface area contributed by atoms with Gasteiger partial charge in [0.15, 0.2) is 0 Å². The van der Waals surface area contributed by atoms with Crippen molar-refractivity contribution < 1.29 is 18.0 Å². The molecular weight excluding hydrogens is 365 g/mol. The van der Waals surface area contributed by atoms with E-state index in [1.807, 2.05) is 13.8 Å². The van der Waals surface area contributed by atoms with Crippen molar-refractivity contribution in [3.63, 3.8) is 0 Å². The molecule has 1 heterocycles. The average Bonchev–Trinajstić information content (AvgIpc) is 2.66. The Morgan fingerprint density at radius 3 is 2.14 bits per heavy atom. The Balaban J connectivity index is 0.00000136. The summed E-state index contributed by atoms with van der Waals surface area (Å²) >= 11 is 0. The van der Waals surface area contributed by atoms with Crippen molar-refractivity contribution in [2.45, 2.75) is 26.7 Å². The minimum absolute atomic E-state index is 0.114. The van der Waals surface area contributed by atoms with Gasteiger partial charge in [-0.2, -0.15) is 0 Å². The van der Waals surface area contributed by atoms with Gasteiger partial charge in [-0.25, -0.2) is 13.2 Å². The molecule has 0 bridgehead atoms. The molecule has 6 heteroatoms. The van der Waals surface area contributed by atoms with Crippen LogP contribution in [0.4, 0.5) is 13.2 Å². The molecular formula is C22H21F3N2O. The zero-order chi connectivity index (χ0) is 20.8. The highest BCUT2D eigenvalue weighted by Crippen LogP contribution is 2.30. The van der Waals surface area contributed by atoms with Gasteiger partial charge in [0.2, 0.25) is 5.91 Å². The number of amides is 1. The van der Waals surface area contributed by atoms with Crippen LogP contribution in [0.15, 0.2) is 54.6 Å². The number of benzene rings is 2. The summed E-state index contributed by atoms with van der Waals surface area (Å²) in [6.07, 6.45) is 0. The van der Waals surface area contributed by atoms with Gasteiger partial charge in [-0.3, -0.25) is 9.78 Å². The van der Waals surface area contributed by atoms with Crippen molar-refractivity contribution in [3.05, 3.63) is 88.9 Å². The van der Waals surface area contributed by atoms with Crippen LogP contribution in [0.25, 0.3) is 11.3 Å². The molecule has 0 aliphatic carbocycles. The van der Waals surface area contributed by atoms with Gasteiger partial charge >= 0.3 is 0 Å². The van der Waals surface area contributed by atoms with E-state index in [2.05, 4.69) is 4.98 Å². The molecule has 146 valence electrons. The smallest absolute Gasteiger partial charge is 0.231 e. The highest BCUT2D eigenvalue weighted by Gasteiger charge is 2.28. The van der Waals surface area contributed by atoms with Gasteiger partial charge in [0, 0.05) is 11.1 Å². The summed E-state index contributed by atoms with van der Waals surface area (Å²) in [4.78, 5) is 16.3. The predicted molar refractivity (Wildman–Crippen MR) is 103 cm³/mol. The summed E-state index contributed by atoms with van der Waals surface area (Å²) in [6, 6.07) is 12.3. The van der Waals surface area contributed by atoms with E-state index in [-0.39, 0.29) is 11.5 Å². The first-order valence-electron chi connectivity index (χ1n) is 8.85. The Kier molecular flexibility index (Phi) is 6.93. The fourth-order valence-electron chi connectivity index (χ4n) is 2.90. The minimum Gasteiger partial charge on any atom is -0.369 e. The van der Waals surface area contributed by atoms with Crippen LogP contribution in [0.5, 0.6) is 0 Å². The van der Waals surface area contributed by atoms with Crippen LogP contribution in [0.3, 0.4) is 0 Å². The zero-order valence-corrected chi connectivity index (χ0v) is 15.8. The Hall–Kier alpha value is -3.15. The van der Waals surface area contributed by atoms with Gasteiger partial charge < -0.3 is 5.73 Å². The molecule has 1 unspecified atom stereocenters. The van der Waals surface area contributed by atoms with E-state index in [0.29, 0.717) is 16.8 Å². The van der Waals surface area contributed by atoms with Crippen molar-refractivity contribution >= 4 is 5.91 Å². The summed E-state index contributed by atoms with van der Waals surface area (Å²) in [6.45, 7) is 5.72. The number of hydrogen-bond donors (Lipinski definition) is 1. The van der Waals surface area contributed by atoms with Gasteiger partial charge in [-0.15, -0.1) is 0 Å². The van der Waals surface area contributed by atoms with Crippen molar-refractivity contribution in [1.82, 2.24) is 4.98 Å². The van der Waals surface area contributed by atoms with Gasteiger partial charge in [-0.05, 0) is 55.0 Å². The molecule has 3 rings (SSSR count). The van der Waals surface area contributed by atoms with Crippen LogP contribution in [0, 0.1) is 24.4 Å². The highest BCUT2D eigenvalue weighted by atomic mass is 19.1. The lowest BCUT2D eigenvalue weighted by atomic mass is 9.92. The van der Waals surface area contributed by atoms with E-state index in [9.17, 15) is 18.0 Å². The summed E-state index contributed by atoms with van der Waals surface area (Å²) in [7, 11) is 0. The summed E-state index contributed by atoms with van der Waals surface area (Å²) < 4.78 is 41.6. The monoisotopic (exact) mass is 386 g/mol. The van der Waals surface area contributed by atoms with Crippen LogP contribution < -0.4 is 5.73 Å². The SMILES string of the molecule is CC.Cc1cc(F)ccc1-c1cccc(C(C(N)=O)c2c(F)cccc2F)n1. The molecule has 2 aromatic carbocycles. The molecule has 0 saturated heterocycles. The molecule has 0 radical (unpaired) electrons. The lowest BCUT2D eigenvalue weighted by molar-refractivity contribution is -0.118. The number of halogens is 3. The Morgan fingerprint density at radius 1 is 0.964 bits per heavy atom. The standard InChI is InChI=1S/C20H15F3N2O.C2H6/c1-11-10-12(21)8-9-13(11)16-6-3-7-17(25-16)19(20(24)26)18-14(22)4-2-5-15(18)23;1-2/h2-10,19H,1H3,(H2,24,26);1-2H3. The van der Waals surface area contributed by atoms with Crippen molar-refractivity contribution in [1.29, 1.82) is 0 Å². The van der Waals surface area contributed by atoms with Gasteiger partial charge in [0.1, 0.15) is 23.4 Å². The van der Waals surface area contributed by atoms with E-state index in [0.717, 1.165) is 12.1 Å². The number of rotatable bonds is 4. The number of nitrogens with two attached hydrogens (primary N) is 1. The van der Waals surface area contributed by atoms with Gasteiger partial charge in [0.05, 0.1) is 11.4 Å². The third kappa shape index (κ3) is 4.39. The number of aromatic nitrogens is 1. The first kappa shape index (κ1) is 21.2. The van der Waals surface area contributed by atoms with E-state index in [1.54, 1.807) is 25.1 Å². The van der Waals surface area contributed by atoms with E-state index in [4.69, 9.17) is 5.73 Å². The van der Waals surface area contributed by atoms with E-state index in [1.165, 1.54) is 24.3 Å². The first-order chi connectivity index (χ1) is 13.4. The van der Waals surface area contributed by atoms with Gasteiger partial charge in [-0.1, -0.05) is 26.0 Å². The molecule has 28 heavy (non-hydrogen) atoms. The molecule has 3 nitrogen and oxygen atoms in total. The second kappa shape index (κ2) is 9.17. The maximum absolute atomic E-state index is 14.2. The maximum atomic E-state index is 14.2. The number of hydrogen-bond acceptors (Lipinski definition) is 2. The van der Waals surface area contributed by atoms with Crippen molar-refractivity contribution in [2.75, 3.05) is 0 Å². The summed E-state index contributed by atoms with van der Waals surface area (Å²) in [5.41, 5.74) is 6.82. The number of carbonyl (C=O) groups is 1. The number of nitrogens with zero attached hydrogens (tertiary/aromatic N) is 1. The Labute approximate surface area is 162 Å². The second-order valence-electron chi connectivity index (χ2n) is 5.88. The molecule has 2 N–H and O–H groups in total. The molecule has 0 spiro atoms. The lowest BCUT2D eigenvalue weighted by Gasteiger charge is -2.16. The third-order valence-electron chi connectivity index (χ3n) is 4.10. The topological polar surface area (TPSA) is 56.0 Å². The highest BCUT2D eigenvalue weighted by molar-refractivity contribution is 5.85. The van der Waals surface area contributed by atoms with Crippen LogP contribution in [-0.4, -0.2) is 10.9 Å². The van der Waals surface area contributed by atoms with Crippen LogP contribution in [0.2, 0.25) is 0 Å². The number of aryl methyl sites for hydroxylation is 1. The minimum atomic E-state index is -1.38. The van der Waals surface area contributed by atoms with Crippen molar-refractivity contribution in [3.8, 4) is 11.3 Å². The number of pyridine rings is 1. The molecule has 1 aromatic heterocycles. The molecule has 0 fully saturated rings. The summed E-state index contributed by atoms with van der Waals surface area (Å²) in [5.74, 6) is -4.44. The van der Waals surface area contributed by atoms with E-state index < -0.39 is 29.0 Å². The van der Waals surface area contributed by atoms with Crippen LogP contribution in [-0.2, 0) is 4.79 Å². The summed E-state index contributed by atoms with van der Waals surface area (Å²) in [5, 5.41) is 0. The number of primary amides is 1. The molecule has 1 amide bonds. The third-order valence-corrected chi connectivity index (χ3v) is 4.10. The Morgan fingerprint density at radius 2 is 1.57 bits per heavy atom. The van der Waals surface area contributed by atoms with E-state index >= 15 is 0 Å². The first-order valence-corrected chi connectivity index (χ1v) is 8.85. The molecule has 3 aromatic rings. The second-order valence-corrected chi connectivity index (χ2v) is 5.88. The molecule has 0 aliphatic heterocycles. The quantitative estimate of drug-likeness (QED) is 0.677. The Bertz CT molecular complexity index is 969.